The van der Waals surface area contributed by atoms with Crippen molar-refractivity contribution < 1.29 is 29.6 Å². The third kappa shape index (κ3) is 2.18. The average molecular weight is 364 g/mol. The minimum Gasteiger partial charge on any atom is -0.478 e. The summed E-state index contributed by atoms with van der Waals surface area (Å²) in [5, 5.41) is 30.8. The normalized spacial score (nSPS) is 47.9. The minimum atomic E-state index is -1.40. The summed E-state index contributed by atoms with van der Waals surface area (Å²) in [7, 11) is 0. The van der Waals surface area contributed by atoms with Crippen molar-refractivity contribution in [1.29, 1.82) is 0 Å². The molecule has 6 heteroatoms. The van der Waals surface area contributed by atoms with Crippen LogP contribution in [0.2, 0.25) is 0 Å². The maximum Gasteiger partial charge on any atom is 0.335 e. The Morgan fingerprint density at radius 1 is 1.35 bits per heavy atom. The van der Waals surface area contributed by atoms with Crippen molar-refractivity contribution in [3.8, 4) is 0 Å². The Bertz CT molecular complexity index is 698. The van der Waals surface area contributed by atoms with Gasteiger partial charge in [0.05, 0.1) is 23.0 Å². The Morgan fingerprint density at radius 2 is 2.00 bits per heavy atom. The fraction of sp³-hybridized carbons (Fsp3) is 0.700. The van der Waals surface area contributed by atoms with Gasteiger partial charge in [0.2, 0.25) is 0 Å². The van der Waals surface area contributed by atoms with Crippen molar-refractivity contribution >= 4 is 11.9 Å². The van der Waals surface area contributed by atoms with E-state index in [1.165, 1.54) is 0 Å². The zero-order valence-corrected chi connectivity index (χ0v) is 15.6. The fourth-order valence-electron chi connectivity index (χ4n) is 5.53. The molecule has 0 aromatic heterocycles. The van der Waals surface area contributed by atoms with Gasteiger partial charge in [-0.1, -0.05) is 32.9 Å². The highest BCUT2D eigenvalue weighted by Crippen LogP contribution is 2.66. The van der Waals surface area contributed by atoms with Crippen LogP contribution in [0.4, 0.5) is 0 Å². The summed E-state index contributed by atoms with van der Waals surface area (Å²) in [6, 6.07) is 0. The molecule has 3 rings (SSSR count). The highest BCUT2D eigenvalue weighted by Gasteiger charge is 2.74. The van der Waals surface area contributed by atoms with Crippen LogP contribution >= 0.6 is 0 Å². The van der Waals surface area contributed by atoms with E-state index in [2.05, 4.69) is 6.58 Å². The van der Waals surface area contributed by atoms with Gasteiger partial charge in [0, 0.05) is 17.4 Å². The molecule has 26 heavy (non-hydrogen) atoms. The lowest BCUT2D eigenvalue weighted by Gasteiger charge is -2.55. The van der Waals surface area contributed by atoms with Crippen molar-refractivity contribution in [2.45, 2.75) is 58.2 Å². The van der Waals surface area contributed by atoms with E-state index < -0.39 is 45.8 Å². The number of carbonyl (C=O) groups is 2. The Morgan fingerprint density at radius 3 is 2.54 bits per heavy atom. The van der Waals surface area contributed by atoms with Gasteiger partial charge in [0.25, 0.3) is 0 Å². The quantitative estimate of drug-likeness (QED) is 0.523. The maximum atomic E-state index is 12.9. The number of carbonyl (C=O) groups excluding carboxylic acids is 1. The van der Waals surface area contributed by atoms with E-state index in [-0.39, 0.29) is 12.2 Å². The predicted molar refractivity (Wildman–Crippen MR) is 94.1 cm³/mol. The van der Waals surface area contributed by atoms with Gasteiger partial charge < -0.3 is 20.1 Å². The third-order valence-corrected chi connectivity index (χ3v) is 7.34. The topological polar surface area (TPSA) is 104 Å². The number of aliphatic hydroxyl groups excluding tert-OH is 2. The second kappa shape index (κ2) is 5.67. The molecule has 1 saturated heterocycles. The van der Waals surface area contributed by atoms with E-state index in [0.717, 1.165) is 0 Å². The Labute approximate surface area is 153 Å². The van der Waals surface area contributed by atoms with E-state index in [0.29, 0.717) is 25.7 Å². The largest absolute Gasteiger partial charge is 0.478 e. The second-order valence-corrected chi connectivity index (χ2v) is 8.90. The van der Waals surface area contributed by atoms with Crippen molar-refractivity contribution in [2.24, 2.45) is 22.2 Å². The molecule has 0 aromatic carbocycles. The van der Waals surface area contributed by atoms with E-state index in [1.807, 2.05) is 13.8 Å². The predicted octanol–water partition coefficient (Wildman–Crippen LogP) is 2.05. The van der Waals surface area contributed by atoms with Crippen LogP contribution in [-0.2, 0) is 14.3 Å². The van der Waals surface area contributed by atoms with E-state index in [1.54, 1.807) is 19.1 Å². The summed E-state index contributed by atoms with van der Waals surface area (Å²) in [5.41, 5.74) is -3.78. The van der Waals surface area contributed by atoms with Crippen molar-refractivity contribution in [1.82, 2.24) is 0 Å². The monoisotopic (exact) mass is 364 g/mol. The first-order valence-corrected chi connectivity index (χ1v) is 9.12. The van der Waals surface area contributed by atoms with Crippen LogP contribution in [0.3, 0.4) is 0 Å². The molecule has 3 N–H and O–H groups in total. The van der Waals surface area contributed by atoms with Crippen LogP contribution in [0.5, 0.6) is 0 Å². The van der Waals surface area contributed by atoms with Crippen molar-refractivity contribution in [3.63, 3.8) is 0 Å². The average Bonchev–Trinajstić information content (AvgIpc) is 2.83. The zero-order chi connectivity index (χ0) is 19.5. The van der Waals surface area contributed by atoms with Gasteiger partial charge in [-0.25, -0.2) is 4.79 Å². The Hall–Kier alpha value is -1.66. The summed E-state index contributed by atoms with van der Waals surface area (Å²) < 4.78 is 5.83. The number of aliphatic carboxylic acids is 1. The van der Waals surface area contributed by atoms with Gasteiger partial charge in [0.1, 0.15) is 0 Å². The number of allylic oxidation sites excluding steroid dienone is 2. The Balaban J connectivity index is 2.25. The molecule has 144 valence electrons. The van der Waals surface area contributed by atoms with Crippen LogP contribution in [0.1, 0.15) is 46.5 Å². The molecule has 0 bridgehead atoms. The summed E-state index contributed by atoms with van der Waals surface area (Å²) in [6.07, 6.45) is 4.14. The zero-order valence-electron chi connectivity index (χ0n) is 15.6. The number of carboxylic acids is 1. The first kappa shape index (κ1) is 19.1. The molecule has 1 spiro atoms. The molecule has 2 fully saturated rings. The molecule has 0 unspecified atom stereocenters. The van der Waals surface area contributed by atoms with Gasteiger partial charge in [-0.05, 0) is 25.7 Å². The molecule has 0 amide bonds. The summed E-state index contributed by atoms with van der Waals surface area (Å²) >= 11 is 0. The van der Waals surface area contributed by atoms with Gasteiger partial charge in [-0.15, -0.1) is 6.58 Å². The molecule has 2 aliphatic carbocycles. The lowest BCUT2D eigenvalue weighted by Crippen LogP contribution is -2.62. The van der Waals surface area contributed by atoms with Crippen LogP contribution < -0.4 is 0 Å². The first-order chi connectivity index (χ1) is 12.0. The smallest absolute Gasteiger partial charge is 0.335 e. The van der Waals surface area contributed by atoms with Gasteiger partial charge in [-0.3, -0.25) is 4.79 Å². The lowest BCUT2D eigenvalue weighted by atomic mass is 9.48. The SMILES string of the molecule is C=C[C@]1(C)C=C(C(=O)O)[C@]2(CC1)OC(=O)[C@H]1[C@](C)(CO)CC[C@@H](O)[C@@]12C. The molecule has 1 saturated carbocycles. The molecule has 3 aliphatic rings. The van der Waals surface area contributed by atoms with Gasteiger partial charge in [0.15, 0.2) is 5.60 Å². The highest BCUT2D eigenvalue weighted by atomic mass is 16.6. The molecular weight excluding hydrogens is 336 g/mol. The van der Waals surface area contributed by atoms with E-state index >= 15 is 0 Å². The summed E-state index contributed by atoms with van der Waals surface area (Å²) in [6.45, 7) is 9.02. The number of hydrogen-bond acceptors (Lipinski definition) is 5. The van der Waals surface area contributed by atoms with Gasteiger partial charge >= 0.3 is 11.9 Å². The number of esters is 1. The molecule has 1 aliphatic heterocycles. The number of carboxylic acid groups (broad SMARTS) is 1. The highest BCUT2D eigenvalue weighted by molar-refractivity contribution is 5.93. The maximum absolute atomic E-state index is 12.9. The van der Waals surface area contributed by atoms with E-state index in [9.17, 15) is 24.9 Å². The fourth-order valence-corrected chi connectivity index (χ4v) is 5.53. The molecule has 6 atom stereocenters. The van der Waals surface area contributed by atoms with Crippen LogP contribution in [-0.4, -0.2) is 45.6 Å². The van der Waals surface area contributed by atoms with Crippen LogP contribution in [0.15, 0.2) is 24.3 Å². The molecule has 0 aromatic rings. The molecular formula is C20H28O6. The van der Waals surface area contributed by atoms with Crippen molar-refractivity contribution in [2.75, 3.05) is 6.61 Å². The summed E-state index contributed by atoms with van der Waals surface area (Å²) in [4.78, 5) is 25.1. The Kier molecular flexibility index (Phi) is 4.17. The number of aliphatic hydroxyl groups is 2. The first-order valence-electron chi connectivity index (χ1n) is 9.12. The number of ether oxygens (including phenoxy) is 1. The van der Waals surface area contributed by atoms with Crippen LogP contribution in [0.25, 0.3) is 0 Å². The molecule has 0 radical (unpaired) electrons. The second-order valence-electron chi connectivity index (χ2n) is 8.90. The van der Waals surface area contributed by atoms with Crippen LogP contribution in [0, 0.1) is 22.2 Å². The molecule has 1 heterocycles. The standard InChI is InChI=1S/C20H28O6/c1-5-17(2)8-9-20(12(10-17)15(23)24)19(4)13(22)6-7-18(3,11-21)14(19)16(25)26-20/h5,10,13-14,21-22H,1,6-9,11H2,2-4H3,(H,23,24)/t13-,14+,17+,18+,19+,20+/m1/s1. The molecule has 6 nitrogen and oxygen atoms in total. The van der Waals surface area contributed by atoms with Crippen molar-refractivity contribution in [3.05, 3.63) is 24.3 Å². The number of hydrogen-bond donors (Lipinski definition) is 3. The summed E-state index contributed by atoms with van der Waals surface area (Å²) in [5.74, 6) is -2.45. The lowest BCUT2D eigenvalue weighted by molar-refractivity contribution is -0.158. The third-order valence-electron chi connectivity index (χ3n) is 7.34. The minimum absolute atomic E-state index is 0.00531. The van der Waals surface area contributed by atoms with E-state index in [4.69, 9.17) is 4.74 Å². The number of fused-ring (bicyclic) bond motifs is 2. The van der Waals surface area contributed by atoms with Gasteiger partial charge in [-0.2, -0.15) is 0 Å². The number of rotatable bonds is 3.